The van der Waals surface area contributed by atoms with E-state index in [1.54, 1.807) is 42.5 Å². The summed E-state index contributed by atoms with van der Waals surface area (Å²) in [4.78, 5) is 26.9. The Balaban J connectivity index is 1.35. The fraction of sp³-hybridized carbons (Fsp3) is 0.250. The molecule has 4 rings (SSSR count). The fourth-order valence-corrected chi connectivity index (χ4v) is 4.67. The van der Waals surface area contributed by atoms with Gasteiger partial charge in [0.2, 0.25) is 0 Å². The normalized spacial score (nSPS) is 16.7. The molecule has 0 radical (unpaired) electrons. The Labute approximate surface area is 214 Å². The molecule has 3 aromatic rings. The fourth-order valence-electron chi connectivity index (χ4n) is 4.47. The molecule has 1 saturated heterocycles. The molecule has 1 heterocycles. The van der Waals surface area contributed by atoms with Crippen LogP contribution >= 0.6 is 11.6 Å². The second-order valence-electron chi connectivity index (χ2n) is 8.71. The number of likely N-dealkylation sites (tertiary alicyclic amines) is 1. The summed E-state index contributed by atoms with van der Waals surface area (Å²) in [6, 6.07) is 23.6. The van der Waals surface area contributed by atoms with Gasteiger partial charge in [0.15, 0.2) is 12.2 Å². The Morgan fingerprint density at radius 2 is 1.81 bits per heavy atom. The Morgan fingerprint density at radius 1 is 1.06 bits per heavy atom. The summed E-state index contributed by atoms with van der Waals surface area (Å²) in [6.45, 7) is 0.522. The van der Waals surface area contributed by atoms with Crippen molar-refractivity contribution in [2.24, 2.45) is 0 Å². The lowest BCUT2D eigenvalue weighted by atomic mass is 9.99. The molecule has 1 aliphatic rings. The summed E-state index contributed by atoms with van der Waals surface area (Å²) >= 11 is 6.09. The quantitative estimate of drug-likeness (QED) is 0.456. The van der Waals surface area contributed by atoms with E-state index in [2.05, 4.69) is 11.4 Å². The largest absolute Gasteiger partial charge is 0.380 e. The Kier molecular flexibility index (Phi) is 8.01. The van der Waals surface area contributed by atoms with Crippen LogP contribution < -0.4 is 5.32 Å². The molecule has 0 saturated carbocycles. The number of nitriles is 1. The number of amides is 2. The van der Waals surface area contributed by atoms with Crippen LogP contribution in [0.1, 0.15) is 35.6 Å². The summed E-state index contributed by atoms with van der Waals surface area (Å²) in [7, 11) is 0. The van der Waals surface area contributed by atoms with E-state index in [-0.39, 0.29) is 12.6 Å². The van der Waals surface area contributed by atoms with Gasteiger partial charge in [-0.05, 0) is 53.3 Å². The number of rotatable bonds is 7. The van der Waals surface area contributed by atoms with Crippen LogP contribution in [-0.2, 0) is 16.1 Å². The van der Waals surface area contributed by atoms with Gasteiger partial charge in [-0.1, -0.05) is 66.2 Å². The van der Waals surface area contributed by atoms with Gasteiger partial charge in [-0.3, -0.25) is 9.59 Å². The van der Waals surface area contributed by atoms with E-state index in [1.807, 2.05) is 30.3 Å². The van der Waals surface area contributed by atoms with E-state index in [0.29, 0.717) is 23.6 Å². The van der Waals surface area contributed by atoms with Crippen molar-refractivity contribution in [1.82, 2.24) is 10.2 Å². The predicted octanol–water partition coefficient (Wildman–Crippen LogP) is 3.58. The molecule has 3 N–H and O–H groups in total. The van der Waals surface area contributed by atoms with E-state index in [1.165, 1.54) is 4.90 Å². The summed E-state index contributed by atoms with van der Waals surface area (Å²) in [5.41, 5.74) is 3.85. The molecule has 7 nitrogen and oxygen atoms in total. The number of aliphatic hydroxyl groups is 2. The molecule has 36 heavy (non-hydrogen) atoms. The highest BCUT2D eigenvalue weighted by molar-refractivity contribution is 6.30. The van der Waals surface area contributed by atoms with Crippen LogP contribution in [0.15, 0.2) is 72.8 Å². The maximum absolute atomic E-state index is 12.9. The number of aliphatic hydroxyl groups excluding tert-OH is 2. The second kappa shape index (κ2) is 11.4. The van der Waals surface area contributed by atoms with E-state index in [9.17, 15) is 25.1 Å². The van der Waals surface area contributed by atoms with Crippen LogP contribution in [-0.4, -0.2) is 45.7 Å². The number of hydrogen-bond acceptors (Lipinski definition) is 5. The summed E-state index contributed by atoms with van der Waals surface area (Å²) in [6.07, 6.45) is -2.34. The van der Waals surface area contributed by atoms with Crippen molar-refractivity contribution in [3.63, 3.8) is 0 Å². The minimum Gasteiger partial charge on any atom is -0.380 e. The number of carbonyl (C=O) groups is 2. The summed E-state index contributed by atoms with van der Waals surface area (Å²) in [5.74, 6) is -1.53. The lowest BCUT2D eigenvalue weighted by Crippen LogP contribution is -2.50. The molecular formula is C28H26ClN3O4. The molecule has 3 aromatic carbocycles. The summed E-state index contributed by atoms with van der Waals surface area (Å²) in [5, 5.41) is 33.3. The van der Waals surface area contributed by atoms with Crippen LogP contribution in [0.25, 0.3) is 11.1 Å². The highest BCUT2D eigenvalue weighted by Gasteiger charge is 2.38. The van der Waals surface area contributed by atoms with Gasteiger partial charge in [0.05, 0.1) is 17.7 Å². The van der Waals surface area contributed by atoms with E-state index in [0.717, 1.165) is 28.7 Å². The first kappa shape index (κ1) is 25.4. The zero-order valence-electron chi connectivity index (χ0n) is 19.5. The van der Waals surface area contributed by atoms with Crippen molar-refractivity contribution in [2.75, 3.05) is 6.54 Å². The van der Waals surface area contributed by atoms with Gasteiger partial charge in [-0.2, -0.15) is 5.26 Å². The first-order valence-corrected chi connectivity index (χ1v) is 12.0. The van der Waals surface area contributed by atoms with Crippen molar-refractivity contribution in [1.29, 1.82) is 5.26 Å². The molecule has 0 bridgehead atoms. The van der Waals surface area contributed by atoms with Gasteiger partial charge >= 0.3 is 0 Å². The highest BCUT2D eigenvalue weighted by atomic mass is 35.5. The number of benzene rings is 3. The lowest BCUT2D eigenvalue weighted by molar-refractivity contribution is -0.153. The van der Waals surface area contributed by atoms with E-state index in [4.69, 9.17) is 11.6 Å². The zero-order valence-corrected chi connectivity index (χ0v) is 20.2. The zero-order chi connectivity index (χ0) is 25.7. The maximum atomic E-state index is 12.9. The van der Waals surface area contributed by atoms with Crippen molar-refractivity contribution in [3.8, 4) is 17.2 Å². The third-order valence-corrected chi connectivity index (χ3v) is 6.60. The average molecular weight is 504 g/mol. The van der Waals surface area contributed by atoms with E-state index < -0.39 is 24.0 Å². The number of nitrogens with zero attached hydrogens (tertiary/aromatic N) is 2. The number of hydrogen-bond donors (Lipinski definition) is 3. The lowest BCUT2D eigenvalue weighted by Gasteiger charge is -2.28. The topological polar surface area (TPSA) is 114 Å². The van der Waals surface area contributed by atoms with Crippen molar-refractivity contribution >= 4 is 23.4 Å². The SMILES string of the molecule is N#Cc1ccccc1-c1ccc(CNC(=O)[C@H](O)[C@@H](O)C(=O)N2CCC[C@@H]2c2cccc(Cl)c2)cc1. The first-order chi connectivity index (χ1) is 17.4. The maximum Gasteiger partial charge on any atom is 0.255 e. The van der Waals surface area contributed by atoms with Crippen molar-refractivity contribution in [2.45, 2.75) is 37.6 Å². The monoisotopic (exact) mass is 503 g/mol. The van der Waals surface area contributed by atoms with Crippen LogP contribution in [0, 0.1) is 11.3 Å². The van der Waals surface area contributed by atoms with Crippen LogP contribution in [0.3, 0.4) is 0 Å². The Morgan fingerprint density at radius 3 is 2.53 bits per heavy atom. The van der Waals surface area contributed by atoms with Gasteiger partial charge in [-0.15, -0.1) is 0 Å². The van der Waals surface area contributed by atoms with Crippen LogP contribution in [0.4, 0.5) is 0 Å². The Hall–Kier alpha value is -3.70. The minimum atomic E-state index is -1.90. The molecule has 0 spiro atoms. The molecular weight excluding hydrogens is 478 g/mol. The number of halogens is 1. The molecule has 3 atom stereocenters. The molecule has 184 valence electrons. The van der Waals surface area contributed by atoms with Crippen molar-refractivity contribution < 1.29 is 19.8 Å². The molecule has 0 unspecified atom stereocenters. The van der Waals surface area contributed by atoms with Gasteiger partial charge in [0, 0.05) is 18.1 Å². The van der Waals surface area contributed by atoms with E-state index >= 15 is 0 Å². The third-order valence-electron chi connectivity index (χ3n) is 6.37. The number of nitrogens with one attached hydrogen (secondary N) is 1. The summed E-state index contributed by atoms with van der Waals surface area (Å²) < 4.78 is 0. The van der Waals surface area contributed by atoms with Gasteiger partial charge < -0.3 is 20.4 Å². The van der Waals surface area contributed by atoms with Gasteiger partial charge in [0.1, 0.15) is 0 Å². The smallest absolute Gasteiger partial charge is 0.255 e. The van der Waals surface area contributed by atoms with Crippen LogP contribution in [0.5, 0.6) is 0 Å². The molecule has 1 aliphatic heterocycles. The minimum absolute atomic E-state index is 0.103. The average Bonchev–Trinajstić information content (AvgIpc) is 3.41. The number of carbonyl (C=O) groups excluding carboxylic acids is 2. The molecule has 1 fully saturated rings. The molecule has 2 amide bonds. The Bertz CT molecular complexity index is 1290. The first-order valence-electron chi connectivity index (χ1n) is 11.7. The molecule has 0 aromatic heterocycles. The van der Waals surface area contributed by atoms with Gasteiger partial charge in [-0.25, -0.2) is 0 Å². The van der Waals surface area contributed by atoms with Gasteiger partial charge in [0.25, 0.3) is 11.8 Å². The standard InChI is InChI=1S/C28H26ClN3O4/c29-22-7-3-6-20(15-22)24-9-4-14-32(24)28(36)26(34)25(33)27(35)31-17-18-10-12-19(13-11-18)23-8-2-1-5-21(23)16-30/h1-3,5-8,10-13,15,24-26,33-34H,4,9,14,17H2,(H,31,35)/t24-,25-,26-/m1/s1. The van der Waals surface area contributed by atoms with Crippen molar-refractivity contribution in [3.05, 3.63) is 94.5 Å². The van der Waals surface area contributed by atoms with Crippen LogP contribution in [0.2, 0.25) is 5.02 Å². The molecule has 8 heteroatoms. The predicted molar refractivity (Wildman–Crippen MR) is 136 cm³/mol. The molecule has 0 aliphatic carbocycles. The highest BCUT2D eigenvalue weighted by Crippen LogP contribution is 2.33. The second-order valence-corrected chi connectivity index (χ2v) is 9.14. The third kappa shape index (κ3) is 5.58.